The maximum atomic E-state index is 11.1. The molecule has 164 valence electrons. The Balaban J connectivity index is 1.37. The first-order chi connectivity index (χ1) is 14.9. The highest BCUT2D eigenvalue weighted by atomic mass is 16.5. The molecular formula is C26H30O5. The van der Waals surface area contributed by atoms with Gasteiger partial charge < -0.3 is 19.3 Å². The van der Waals surface area contributed by atoms with Gasteiger partial charge >= 0.3 is 5.97 Å². The van der Waals surface area contributed by atoms with Crippen LogP contribution in [-0.4, -0.2) is 24.3 Å². The highest BCUT2D eigenvalue weighted by Crippen LogP contribution is 2.48. The van der Waals surface area contributed by atoms with Gasteiger partial charge in [0, 0.05) is 24.2 Å². The van der Waals surface area contributed by atoms with Gasteiger partial charge in [-0.25, -0.2) is 0 Å². The Morgan fingerprint density at radius 1 is 1.19 bits per heavy atom. The number of rotatable bonds is 5. The van der Waals surface area contributed by atoms with Crippen molar-refractivity contribution in [2.45, 2.75) is 64.1 Å². The number of aliphatic carboxylic acids is 1. The summed E-state index contributed by atoms with van der Waals surface area (Å²) in [5.74, 6) is 0.626. The number of benzene rings is 2. The molecule has 3 unspecified atom stereocenters. The molecule has 3 atom stereocenters. The highest BCUT2D eigenvalue weighted by Gasteiger charge is 2.38. The third-order valence-electron chi connectivity index (χ3n) is 7.06. The molecule has 31 heavy (non-hydrogen) atoms. The first kappa shape index (κ1) is 20.4. The largest absolute Gasteiger partial charge is 0.492 e. The second kappa shape index (κ2) is 7.86. The van der Waals surface area contributed by atoms with E-state index >= 15 is 0 Å². The van der Waals surface area contributed by atoms with Crippen molar-refractivity contribution in [2.24, 2.45) is 5.41 Å². The number of carbonyl (C=O) groups is 1. The fraction of sp³-hybridized carbons (Fsp3) is 0.500. The topological polar surface area (TPSA) is 65.0 Å². The summed E-state index contributed by atoms with van der Waals surface area (Å²) in [6, 6.07) is 12.3. The Morgan fingerprint density at radius 2 is 2.03 bits per heavy atom. The minimum atomic E-state index is -0.801. The van der Waals surface area contributed by atoms with E-state index in [0.29, 0.717) is 6.61 Å². The van der Waals surface area contributed by atoms with Gasteiger partial charge in [-0.05, 0) is 53.9 Å². The molecule has 0 radical (unpaired) electrons. The molecule has 5 heteroatoms. The van der Waals surface area contributed by atoms with E-state index in [1.54, 1.807) is 0 Å². The number of carboxylic acids is 1. The Hall–Kier alpha value is -2.53. The fourth-order valence-corrected chi connectivity index (χ4v) is 5.48. The summed E-state index contributed by atoms with van der Waals surface area (Å²) in [5.41, 5.74) is 5.05. The summed E-state index contributed by atoms with van der Waals surface area (Å²) in [7, 11) is 0. The number of ether oxygens (including phenoxy) is 3. The Labute approximate surface area is 183 Å². The van der Waals surface area contributed by atoms with E-state index in [9.17, 15) is 4.79 Å². The van der Waals surface area contributed by atoms with E-state index in [-0.39, 0.29) is 30.0 Å². The van der Waals surface area contributed by atoms with Crippen LogP contribution in [0.15, 0.2) is 36.4 Å². The van der Waals surface area contributed by atoms with Gasteiger partial charge in [-0.2, -0.15) is 0 Å². The van der Waals surface area contributed by atoms with Crippen molar-refractivity contribution in [3.05, 3.63) is 58.7 Å². The lowest BCUT2D eigenvalue weighted by molar-refractivity contribution is -0.137. The Morgan fingerprint density at radius 3 is 2.84 bits per heavy atom. The van der Waals surface area contributed by atoms with Crippen molar-refractivity contribution in [2.75, 3.05) is 13.2 Å². The smallest absolute Gasteiger partial charge is 0.304 e. The summed E-state index contributed by atoms with van der Waals surface area (Å²) < 4.78 is 18.4. The molecule has 0 aromatic heterocycles. The van der Waals surface area contributed by atoms with Crippen molar-refractivity contribution in [3.8, 4) is 11.5 Å². The summed E-state index contributed by atoms with van der Waals surface area (Å²) in [6.07, 6.45) is 4.47. The number of hydrogen-bond donors (Lipinski definition) is 1. The van der Waals surface area contributed by atoms with Crippen LogP contribution in [0.5, 0.6) is 11.5 Å². The quantitative estimate of drug-likeness (QED) is 0.681. The van der Waals surface area contributed by atoms with E-state index in [2.05, 4.69) is 32.0 Å². The van der Waals surface area contributed by atoms with E-state index in [1.807, 2.05) is 18.2 Å². The van der Waals surface area contributed by atoms with E-state index < -0.39 is 5.97 Å². The Kier molecular flexibility index (Phi) is 5.17. The van der Waals surface area contributed by atoms with E-state index in [0.717, 1.165) is 42.9 Å². The molecule has 0 spiro atoms. The molecule has 1 fully saturated rings. The lowest BCUT2D eigenvalue weighted by Crippen LogP contribution is -2.30. The molecule has 0 saturated carbocycles. The first-order valence-corrected chi connectivity index (χ1v) is 11.3. The predicted molar refractivity (Wildman–Crippen MR) is 117 cm³/mol. The van der Waals surface area contributed by atoms with Crippen LogP contribution in [0.2, 0.25) is 0 Å². The zero-order valence-corrected chi connectivity index (χ0v) is 18.2. The molecule has 1 aliphatic carbocycles. The second-order valence-corrected chi connectivity index (χ2v) is 9.71. The molecule has 2 aromatic rings. The van der Waals surface area contributed by atoms with Gasteiger partial charge in [0.1, 0.15) is 17.6 Å². The van der Waals surface area contributed by atoms with Crippen LogP contribution in [0, 0.1) is 5.41 Å². The van der Waals surface area contributed by atoms with Gasteiger partial charge in [0.2, 0.25) is 0 Å². The van der Waals surface area contributed by atoms with Gasteiger partial charge in [-0.1, -0.05) is 38.1 Å². The average Bonchev–Trinajstić information content (AvgIpc) is 3.32. The van der Waals surface area contributed by atoms with Crippen LogP contribution < -0.4 is 9.47 Å². The van der Waals surface area contributed by atoms with Crippen LogP contribution in [0.25, 0.3) is 0 Å². The van der Waals surface area contributed by atoms with Crippen molar-refractivity contribution in [3.63, 3.8) is 0 Å². The van der Waals surface area contributed by atoms with Gasteiger partial charge in [0.05, 0.1) is 19.1 Å². The summed E-state index contributed by atoms with van der Waals surface area (Å²) >= 11 is 0. The van der Waals surface area contributed by atoms with Crippen molar-refractivity contribution >= 4 is 5.97 Å². The molecule has 5 rings (SSSR count). The van der Waals surface area contributed by atoms with Crippen molar-refractivity contribution in [1.82, 2.24) is 0 Å². The molecular weight excluding hydrogens is 392 g/mol. The van der Waals surface area contributed by atoms with Crippen LogP contribution in [0.4, 0.5) is 0 Å². The third kappa shape index (κ3) is 3.80. The monoisotopic (exact) mass is 422 g/mol. The summed E-state index contributed by atoms with van der Waals surface area (Å²) in [6.45, 7) is 5.86. The normalized spacial score (nSPS) is 26.1. The van der Waals surface area contributed by atoms with Crippen LogP contribution in [-0.2, 0) is 16.0 Å². The van der Waals surface area contributed by atoms with Gasteiger partial charge in [-0.3, -0.25) is 4.79 Å². The predicted octanol–water partition coefficient (Wildman–Crippen LogP) is 5.58. The van der Waals surface area contributed by atoms with Gasteiger partial charge in [0.25, 0.3) is 0 Å². The minimum absolute atomic E-state index is 0.0101. The van der Waals surface area contributed by atoms with Crippen LogP contribution in [0.1, 0.15) is 79.9 Å². The molecule has 5 nitrogen and oxygen atoms in total. The zero-order valence-electron chi connectivity index (χ0n) is 18.2. The van der Waals surface area contributed by atoms with Crippen molar-refractivity contribution in [1.29, 1.82) is 0 Å². The molecule has 3 aliphatic rings. The lowest BCUT2D eigenvalue weighted by Gasteiger charge is -2.39. The molecule has 0 bridgehead atoms. The Bertz CT molecular complexity index is 995. The zero-order chi connectivity index (χ0) is 21.6. The third-order valence-corrected chi connectivity index (χ3v) is 7.06. The average molecular weight is 423 g/mol. The van der Waals surface area contributed by atoms with E-state index in [1.165, 1.54) is 23.1 Å². The second-order valence-electron chi connectivity index (χ2n) is 9.71. The van der Waals surface area contributed by atoms with Crippen LogP contribution in [0.3, 0.4) is 0 Å². The van der Waals surface area contributed by atoms with E-state index in [4.69, 9.17) is 19.3 Å². The van der Waals surface area contributed by atoms with Gasteiger partial charge in [-0.15, -0.1) is 0 Å². The minimum Gasteiger partial charge on any atom is -0.492 e. The van der Waals surface area contributed by atoms with Crippen molar-refractivity contribution < 1.29 is 24.1 Å². The maximum absolute atomic E-state index is 11.1. The molecule has 2 heterocycles. The number of fused-ring (bicyclic) bond motifs is 2. The highest BCUT2D eigenvalue weighted by molar-refractivity contribution is 5.68. The molecule has 2 aromatic carbocycles. The van der Waals surface area contributed by atoms with Crippen LogP contribution >= 0.6 is 0 Å². The molecule has 1 N–H and O–H groups in total. The molecule has 1 saturated heterocycles. The molecule has 0 amide bonds. The number of carboxylic acid groups (broad SMARTS) is 1. The SMILES string of the molecule is CC1(C)CCCOC1c1cccc2c1CCC2Oc1ccc2c(c1)OCC2CC(=O)O. The number of hydrogen-bond acceptors (Lipinski definition) is 4. The fourth-order valence-electron chi connectivity index (χ4n) is 5.48. The summed E-state index contributed by atoms with van der Waals surface area (Å²) in [4.78, 5) is 11.1. The lowest BCUT2D eigenvalue weighted by atomic mass is 9.76. The van der Waals surface area contributed by atoms with Gasteiger partial charge in [0.15, 0.2) is 0 Å². The summed E-state index contributed by atoms with van der Waals surface area (Å²) in [5, 5.41) is 9.10. The first-order valence-electron chi connectivity index (χ1n) is 11.3. The standard InChI is InChI=1S/C26H30O5/c1-26(2)11-4-12-29-25(26)21-6-3-5-20-19(21)9-10-22(20)31-17-7-8-18-16(13-24(27)28)15-30-23(18)14-17/h3,5-8,14,16,22,25H,4,9-13,15H2,1-2H3,(H,27,28). The maximum Gasteiger partial charge on any atom is 0.304 e. The molecule has 2 aliphatic heterocycles.